The van der Waals surface area contributed by atoms with Gasteiger partial charge in [-0.15, -0.1) is 0 Å². The molecule has 10 heavy (non-hydrogen) atoms. The minimum absolute atomic E-state index is 0.0668. The van der Waals surface area contributed by atoms with Gasteiger partial charge < -0.3 is 14.8 Å². The molecule has 0 spiro atoms. The van der Waals surface area contributed by atoms with Crippen LogP contribution in [0.25, 0.3) is 0 Å². The normalized spacial score (nSPS) is 23.4. The van der Waals surface area contributed by atoms with Crippen molar-refractivity contribution in [1.29, 1.82) is 0 Å². The van der Waals surface area contributed by atoms with E-state index in [1.165, 1.54) is 6.08 Å². The molecular weight excluding hydrogens is 135 g/mol. The number of carbonyl (C=O) groups is 1. The fraction of sp³-hybridized carbons (Fsp3) is 0.400. The van der Waals surface area contributed by atoms with Gasteiger partial charge in [-0.3, -0.25) is 4.79 Å². The summed E-state index contributed by atoms with van der Waals surface area (Å²) in [5.41, 5.74) is 0.0668. The first-order valence-corrected chi connectivity index (χ1v) is 2.92. The highest BCUT2D eigenvalue weighted by atomic mass is 16.5. The third kappa shape index (κ3) is 1.37. The van der Waals surface area contributed by atoms with Crippen molar-refractivity contribution in [3.63, 3.8) is 0 Å². The van der Waals surface area contributed by atoms with Gasteiger partial charge in [0.15, 0.2) is 12.4 Å². The van der Waals surface area contributed by atoms with Crippen molar-refractivity contribution >= 4 is 13.4 Å². The maximum Gasteiger partial charge on any atom is 0.525 e. The summed E-state index contributed by atoms with van der Waals surface area (Å²) in [7, 11) is -1.59. The number of rotatable bonds is 2. The van der Waals surface area contributed by atoms with Crippen LogP contribution in [0.1, 0.15) is 6.42 Å². The summed E-state index contributed by atoms with van der Waals surface area (Å²) in [5.74, 6) is 0. The smallest absolute Gasteiger partial charge is 0.491 e. The van der Waals surface area contributed by atoms with Crippen molar-refractivity contribution in [2.45, 2.75) is 12.5 Å². The molecule has 2 N–H and O–H groups in total. The van der Waals surface area contributed by atoms with Crippen molar-refractivity contribution in [3.05, 3.63) is 11.7 Å². The molecule has 0 aromatic heterocycles. The molecule has 1 rings (SSSR count). The van der Waals surface area contributed by atoms with Gasteiger partial charge in [-0.2, -0.15) is 0 Å². The van der Waals surface area contributed by atoms with Crippen LogP contribution in [0.2, 0.25) is 0 Å². The molecule has 0 radical (unpaired) electrons. The standard InChI is InChI=1S/C5H7BO4/c7-3-4-1-2-5(10-4)6(8)9/h2-4,8-9H,1H2. The van der Waals surface area contributed by atoms with Crippen molar-refractivity contribution in [1.82, 2.24) is 0 Å². The lowest BCUT2D eigenvalue weighted by Gasteiger charge is -2.04. The van der Waals surface area contributed by atoms with Gasteiger partial charge in [-0.05, 0) is 6.08 Å². The highest BCUT2D eigenvalue weighted by molar-refractivity contribution is 6.49. The van der Waals surface area contributed by atoms with E-state index in [0.717, 1.165) is 0 Å². The van der Waals surface area contributed by atoms with Gasteiger partial charge >= 0.3 is 7.12 Å². The Kier molecular flexibility index (Phi) is 2.08. The Balaban J connectivity index is 2.46. The fourth-order valence-electron chi connectivity index (χ4n) is 0.753. The molecule has 1 aliphatic rings. The SMILES string of the molecule is O=CC1CC=C(B(O)O)O1. The zero-order chi connectivity index (χ0) is 7.56. The maximum absolute atomic E-state index is 10.1. The summed E-state index contributed by atoms with van der Waals surface area (Å²) in [6.45, 7) is 0. The van der Waals surface area contributed by atoms with Gasteiger partial charge in [0, 0.05) is 6.42 Å². The summed E-state index contributed by atoms with van der Waals surface area (Å²) in [6, 6.07) is 0. The molecule has 5 heteroatoms. The largest absolute Gasteiger partial charge is 0.525 e. The second-order valence-corrected chi connectivity index (χ2v) is 2.01. The topological polar surface area (TPSA) is 66.8 Å². The van der Waals surface area contributed by atoms with E-state index in [4.69, 9.17) is 14.8 Å². The summed E-state index contributed by atoms with van der Waals surface area (Å²) in [5, 5.41) is 17.0. The minimum Gasteiger partial charge on any atom is -0.491 e. The van der Waals surface area contributed by atoms with Crippen LogP contribution in [0, 0.1) is 0 Å². The molecule has 0 bridgehead atoms. The number of ether oxygens (including phenoxy) is 1. The predicted octanol–water partition coefficient (Wildman–Crippen LogP) is -1.13. The van der Waals surface area contributed by atoms with Crippen LogP contribution in [0.5, 0.6) is 0 Å². The zero-order valence-corrected chi connectivity index (χ0v) is 5.23. The third-order valence-corrected chi connectivity index (χ3v) is 1.25. The third-order valence-electron chi connectivity index (χ3n) is 1.25. The van der Waals surface area contributed by atoms with Crippen LogP contribution >= 0.6 is 0 Å². The van der Waals surface area contributed by atoms with Crippen molar-refractivity contribution in [3.8, 4) is 0 Å². The van der Waals surface area contributed by atoms with E-state index in [-0.39, 0.29) is 5.66 Å². The van der Waals surface area contributed by atoms with Gasteiger partial charge in [0.2, 0.25) is 0 Å². The lowest BCUT2D eigenvalue weighted by atomic mass is 9.88. The molecule has 1 atom stereocenters. The number of hydrogen-bond donors (Lipinski definition) is 2. The molecule has 0 amide bonds. The molecule has 54 valence electrons. The molecular formula is C5H7BO4. The van der Waals surface area contributed by atoms with E-state index in [9.17, 15) is 4.79 Å². The molecule has 0 aromatic carbocycles. The Morgan fingerprint density at radius 1 is 1.80 bits per heavy atom. The van der Waals surface area contributed by atoms with E-state index in [1.54, 1.807) is 0 Å². The maximum atomic E-state index is 10.1. The van der Waals surface area contributed by atoms with Gasteiger partial charge in [-0.25, -0.2) is 0 Å². The van der Waals surface area contributed by atoms with E-state index in [2.05, 4.69) is 0 Å². The van der Waals surface area contributed by atoms with Gasteiger partial charge in [0.1, 0.15) is 5.66 Å². The molecule has 0 aromatic rings. The summed E-state index contributed by atoms with van der Waals surface area (Å²) in [4.78, 5) is 10.1. The number of carbonyl (C=O) groups excluding carboxylic acids is 1. The van der Waals surface area contributed by atoms with Crippen LogP contribution in [-0.4, -0.2) is 29.6 Å². The average Bonchev–Trinajstić information content (AvgIpc) is 2.34. The first-order chi connectivity index (χ1) is 4.74. The predicted molar refractivity (Wildman–Crippen MR) is 33.8 cm³/mol. The van der Waals surface area contributed by atoms with E-state index < -0.39 is 13.2 Å². The Hall–Kier alpha value is -0.805. The Bertz CT molecular complexity index is 165. The molecule has 4 nitrogen and oxygen atoms in total. The van der Waals surface area contributed by atoms with Gasteiger partial charge in [-0.1, -0.05) is 0 Å². The number of hydrogen-bond acceptors (Lipinski definition) is 4. The first-order valence-electron chi connectivity index (χ1n) is 2.92. The van der Waals surface area contributed by atoms with Crippen LogP contribution in [0.15, 0.2) is 11.7 Å². The molecule has 1 unspecified atom stereocenters. The second kappa shape index (κ2) is 2.85. The lowest BCUT2D eigenvalue weighted by Crippen LogP contribution is -2.18. The molecule has 1 heterocycles. The highest BCUT2D eigenvalue weighted by Crippen LogP contribution is 2.15. The Labute approximate surface area is 58.3 Å². The monoisotopic (exact) mass is 142 g/mol. The van der Waals surface area contributed by atoms with Crippen molar-refractivity contribution < 1.29 is 19.6 Å². The van der Waals surface area contributed by atoms with E-state index >= 15 is 0 Å². The van der Waals surface area contributed by atoms with Crippen LogP contribution in [0.4, 0.5) is 0 Å². The second-order valence-electron chi connectivity index (χ2n) is 2.01. The minimum atomic E-state index is -1.59. The van der Waals surface area contributed by atoms with Crippen LogP contribution in [0.3, 0.4) is 0 Å². The first kappa shape index (κ1) is 7.30. The summed E-state index contributed by atoms with van der Waals surface area (Å²) >= 11 is 0. The van der Waals surface area contributed by atoms with Crippen LogP contribution < -0.4 is 0 Å². The lowest BCUT2D eigenvalue weighted by molar-refractivity contribution is -0.114. The van der Waals surface area contributed by atoms with Gasteiger partial charge in [0.25, 0.3) is 0 Å². The van der Waals surface area contributed by atoms with E-state index in [0.29, 0.717) is 12.7 Å². The Morgan fingerprint density at radius 3 is 2.80 bits per heavy atom. The number of aldehydes is 1. The van der Waals surface area contributed by atoms with E-state index in [1.807, 2.05) is 0 Å². The zero-order valence-electron chi connectivity index (χ0n) is 5.23. The average molecular weight is 142 g/mol. The summed E-state index contributed by atoms with van der Waals surface area (Å²) < 4.78 is 4.77. The molecule has 1 aliphatic heterocycles. The van der Waals surface area contributed by atoms with Gasteiger partial charge in [0.05, 0.1) is 0 Å². The van der Waals surface area contributed by atoms with Crippen molar-refractivity contribution in [2.24, 2.45) is 0 Å². The molecule has 0 saturated heterocycles. The molecule has 0 saturated carbocycles. The molecule has 0 aliphatic carbocycles. The highest BCUT2D eigenvalue weighted by Gasteiger charge is 2.25. The quantitative estimate of drug-likeness (QED) is 0.378. The fourth-order valence-corrected chi connectivity index (χ4v) is 0.753. The summed E-state index contributed by atoms with van der Waals surface area (Å²) in [6.07, 6.45) is 2.02. The van der Waals surface area contributed by atoms with Crippen LogP contribution in [-0.2, 0) is 9.53 Å². The molecule has 0 fully saturated rings. The Morgan fingerprint density at radius 2 is 2.50 bits per heavy atom. The van der Waals surface area contributed by atoms with Crippen molar-refractivity contribution in [2.75, 3.05) is 0 Å².